The molecule has 6 aromatic carbocycles. The number of anilines is 3. The summed E-state index contributed by atoms with van der Waals surface area (Å²) in [7, 11) is 0. The molecule has 0 amide bonds. The molecule has 0 bridgehead atoms. The number of fused-ring (bicyclic) bond motifs is 2. The van der Waals surface area contributed by atoms with E-state index in [0.29, 0.717) is 0 Å². The third-order valence-corrected chi connectivity index (χ3v) is 7.82. The van der Waals surface area contributed by atoms with Gasteiger partial charge in [0.05, 0.1) is 0 Å². The summed E-state index contributed by atoms with van der Waals surface area (Å²) in [5.74, 6) is 1.76. The maximum Gasteiger partial charge on any atom is 0.136 e. The number of rotatable bonds is 5. The van der Waals surface area contributed by atoms with E-state index < -0.39 is 0 Å². The topological polar surface area (TPSA) is 16.4 Å². The standard InChI is InChI=1S/C38H29NO/c1-26-25-30(39(28-13-5-3-6-14-28)29-15-7-4-8-16-29)21-22-31(26)36-23-24-37(40-36)38-34-19-11-9-17-32(34)27(2)33-18-10-12-20-35(33)38/h3-25H,1-2H3. The van der Waals surface area contributed by atoms with Gasteiger partial charge in [-0.15, -0.1) is 0 Å². The first-order chi connectivity index (χ1) is 19.7. The molecule has 0 fully saturated rings. The molecule has 192 valence electrons. The number of para-hydroxylation sites is 2. The number of nitrogens with zero attached hydrogens (tertiary/aromatic N) is 1. The Kier molecular flexibility index (Phi) is 5.94. The zero-order valence-electron chi connectivity index (χ0n) is 22.6. The van der Waals surface area contributed by atoms with Crippen LogP contribution in [0, 0.1) is 13.8 Å². The lowest BCUT2D eigenvalue weighted by Gasteiger charge is -2.26. The van der Waals surface area contributed by atoms with Crippen LogP contribution in [0.15, 0.2) is 144 Å². The number of hydrogen-bond donors (Lipinski definition) is 0. The Labute approximate surface area is 234 Å². The first kappa shape index (κ1) is 24.0. The first-order valence-corrected chi connectivity index (χ1v) is 13.7. The highest BCUT2D eigenvalue weighted by Crippen LogP contribution is 2.42. The van der Waals surface area contributed by atoms with Crippen molar-refractivity contribution in [3.05, 3.63) is 151 Å². The molecule has 7 rings (SSSR count). The first-order valence-electron chi connectivity index (χ1n) is 13.7. The fraction of sp³-hybridized carbons (Fsp3) is 0.0526. The average Bonchev–Trinajstić information content (AvgIpc) is 3.48. The molecule has 0 aliphatic rings. The van der Waals surface area contributed by atoms with Gasteiger partial charge in [-0.3, -0.25) is 0 Å². The van der Waals surface area contributed by atoms with Crippen molar-refractivity contribution in [2.75, 3.05) is 4.90 Å². The lowest BCUT2D eigenvalue weighted by Crippen LogP contribution is -2.09. The zero-order valence-corrected chi connectivity index (χ0v) is 22.6. The molecule has 40 heavy (non-hydrogen) atoms. The summed E-state index contributed by atoms with van der Waals surface area (Å²) in [6.07, 6.45) is 0. The lowest BCUT2D eigenvalue weighted by molar-refractivity contribution is 0.598. The summed E-state index contributed by atoms with van der Waals surface area (Å²) >= 11 is 0. The summed E-state index contributed by atoms with van der Waals surface area (Å²) in [5, 5.41) is 4.95. The van der Waals surface area contributed by atoms with Crippen LogP contribution in [0.25, 0.3) is 44.2 Å². The SMILES string of the molecule is Cc1cc(N(c2ccccc2)c2ccccc2)ccc1-c1ccc(-c2c3ccccc3c(C)c3ccccc23)o1. The van der Waals surface area contributed by atoms with Crippen molar-refractivity contribution >= 4 is 38.6 Å². The number of aryl methyl sites for hydroxylation is 2. The normalized spacial score (nSPS) is 11.2. The van der Waals surface area contributed by atoms with Crippen molar-refractivity contribution in [1.82, 2.24) is 0 Å². The Bertz CT molecular complexity index is 1870. The fourth-order valence-corrected chi connectivity index (χ4v) is 5.89. The maximum atomic E-state index is 6.65. The van der Waals surface area contributed by atoms with Gasteiger partial charge in [0.1, 0.15) is 11.5 Å². The molecule has 0 aliphatic heterocycles. The van der Waals surface area contributed by atoms with E-state index in [-0.39, 0.29) is 0 Å². The van der Waals surface area contributed by atoms with Gasteiger partial charge in [-0.05, 0) is 101 Å². The van der Waals surface area contributed by atoms with E-state index in [1.807, 2.05) is 0 Å². The molecule has 1 heterocycles. The predicted octanol–water partition coefficient (Wildman–Crippen LogP) is 11.0. The fourth-order valence-electron chi connectivity index (χ4n) is 5.89. The van der Waals surface area contributed by atoms with Crippen molar-refractivity contribution in [3.63, 3.8) is 0 Å². The van der Waals surface area contributed by atoms with Gasteiger partial charge in [-0.2, -0.15) is 0 Å². The minimum atomic E-state index is 0.874. The van der Waals surface area contributed by atoms with Gasteiger partial charge in [0, 0.05) is 28.2 Å². The van der Waals surface area contributed by atoms with Crippen LogP contribution in [0.3, 0.4) is 0 Å². The molecule has 7 aromatic rings. The summed E-state index contributed by atoms with van der Waals surface area (Å²) in [4.78, 5) is 2.29. The molecule has 0 saturated carbocycles. The molecule has 0 saturated heterocycles. The van der Waals surface area contributed by atoms with Crippen LogP contribution in [-0.4, -0.2) is 0 Å². The molecule has 1 aromatic heterocycles. The predicted molar refractivity (Wildman–Crippen MR) is 169 cm³/mol. The van der Waals surface area contributed by atoms with Crippen LogP contribution in [0.2, 0.25) is 0 Å². The van der Waals surface area contributed by atoms with Gasteiger partial charge in [0.25, 0.3) is 0 Å². The van der Waals surface area contributed by atoms with Crippen molar-refractivity contribution in [1.29, 1.82) is 0 Å². The van der Waals surface area contributed by atoms with Crippen molar-refractivity contribution in [2.45, 2.75) is 13.8 Å². The van der Waals surface area contributed by atoms with Crippen molar-refractivity contribution in [2.24, 2.45) is 0 Å². The molecule has 0 N–H and O–H groups in total. The Hall–Kier alpha value is -5.08. The van der Waals surface area contributed by atoms with Gasteiger partial charge in [-0.25, -0.2) is 0 Å². The zero-order chi connectivity index (χ0) is 27.1. The molecule has 0 spiro atoms. The van der Waals surface area contributed by atoms with E-state index in [1.54, 1.807) is 0 Å². The van der Waals surface area contributed by atoms with E-state index in [2.05, 4.69) is 158 Å². The van der Waals surface area contributed by atoms with Crippen LogP contribution in [0.5, 0.6) is 0 Å². The Balaban J connectivity index is 1.33. The lowest BCUT2D eigenvalue weighted by atomic mass is 9.91. The Morgan fingerprint density at radius 1 is 0.450 bits per heavy atom. The summed E-state index contributed by atoms with van der Waals surface area (Å²) in [6, 6.07) is 49.1. The van der Waals surface area contributed by atoms with E-state index in [9.17, 15) is 0 Å². The van der Waals surface area contributed by atoms with Gasteiger partial charge in [0.15, 0.2) is 0 Å². The monoisotopic (exact) mass is 515 g/mol. The van der Waals surface area contributed by atoms with Crippen LogP contribution in [0.4, 0.5) is 17.1 Å². The summed E-state index contributed by atoms with van der Waals surface area (Å²) in [6.45, 7) is 4.37. The van der Waals surface area contributed by atoms with Crippen LogP contribution in [0.1, 0.15) is 11.1 Å². The highest BCUT2D eigenvalue weighted by molar-refractivity contribution is 6.14. The second kappa shape index (κ2) is 9.91. The molecule has 2 heteroatoms. The quantitative estimate of drug-likeness (QED) is 0.212. The second-order valence-electron chi connectivity index (χ2n) is 10.3. The molecule has 0 radical (unpaired) electrons. The smallest absolute Gasteiger partial charge is 0.136 e. The number of furan rings is 1. The van der Waals surface area contributed by atoms with Gasteiger partial charge >= 0.3 is 0 Å². The van der Waals surface area contributed by atoms with Crippen LogP contribution in [-0.2, 0) is 0 Å². The average molecular weight is 516 g/mol. The van der Waals surface area contributed by atoms with Crippen LogP contribution < -0.4 is 4.90 Å². The molecule has 0 aliphatic carbocycles. The summed E-state index contributed by atoms with van der Waals surface area (Å²) in [5.41, 5.74) is 8.07. The van der Waals surface area contributed by atoms with E-state index >= 15 is 0 Å². The molecule has 0 unspecified atom stereocenters. The van der Waals surface area contributed by atoms with Crippen molar-refractivity contribution in [3.8, 4) is 22.6 Å². The number of benzene rings is 6. The minimum absolute atomic E-state index is 0.874. The second-order valence-corrected chi connectivity index (χ2v) is 10.3. The van der Waals surface area contributed by atoms with Crippen LogP contribution >= 0.6 is 0 Å². The van der Waals surface area contributed by atoms with Gasteiger partial charge in [0.2, 0.25) is 0 Å². The Morgan fingerprint density at radius 3 is 1.50 bits per heavy atom. The number of hydrogen-bond acceptors (Lipinski definition) is 2. The third kappa shape index (κ3) is 4.06. The van der Waals surface area contributed by atoms with Crippen molar-refractivity contribution < 1.29 is 4.42 Å². The summed E-state index contributed by atoms with van der Waals surface area (Å²) < 4.78 is 6.65. The maximum absolute atomic E-state index is 6.65. The molecule has 2 nitrogen and oxygen atoms in total. The van der Waals surface area contributed by atoms with Gasteiger partial charge < -0.3 is 9.32 Å². The third-order valence-electron chi connectivity index (χ3n) is 7.82. The highest BCUT2D eigenvalue weighted by Gasteiger charge is 2.18. The van der Waals surface area contributed by atoms with Gasteiger partial charge in [-0.1, -0.05) is 84.9 Å². The molecular formula is C38H29NO. The minimum Gasteiger partial charge on any atom is -0.456 e. The largest absolute Gasteiger partial charge is 0.456 e. The van der Waals surface area contributed by atoms with E-state index in [0.717, 1.165) is 45.3 Å². The highest BCUT2D eigenvalue weighted by atomic mass is 16.3. The Morgan fingerprint density at radius 2 is 0.950 bits per heavy atom. The molecular weight excluding hydrogens is 486 g/mol. The van der Waals surface area contributed by atoms with E-state index in [1.165, 1.54) is 27.1 Å². The van der Waals surface area contributed by atoms with E-state index in [4.69, 9.17) is 4.42 Å². The molecule has 0 atom stereocenters.